The Morgan fingerprint density at radius 2 is 2.08 bits per heavy atom. The van der Waals surface area contributed by atoms with Gasteiger partial charge in [-0.25, -0.2) is 0 Å². The van der Waals surface area contributed by atoms with Gasteiger partial charge in [0.1, 0.15) is 16.7 Å². The number of rotatable bonds is 5. The highest BCUT2D eigenvalue weighted by Crippen LogP contribution is 2.27. The lowest BCUT2D eigenvalue weighted by atomic mass is 9.95. The number of nitrogens with zero attached hydrogens (tertiary/aromatic N) is 2. The fourth-order valence-electron chi connectivity index (χ4n) is 2.56. The van der Waals surface area contributed by atoms with E-state index in [-0.39, 0.29) is 22.3 Å². The first-order valence-corrected chi connectivity index (χ1v) is 8.00. The van der Waals surface area contributed by atoms with Gasteiger partial charge in [0.15, 0.2) is 0 Å². The lowest BCUT2D eigenvalue weighted by Gasteiger charge is -2.22. The Hall–Kier alpha value is -2.59. The number of halogens is 1. The van der Waals surface area contributed by atoms with Crippen molar-refractivity contribution in [3.05, 3.63) is 45.1 Å². The largest absolute Gasteiger partial charge is 0.360 e. The molecular weight excluding hydrogens is 332 g/mol. The van der Waals surface area contributed by atoms with Gasteiger partial charge in [-0.1, -0.05) is 30.9 Å². The summed E-state index contributed by atoms with van der Waals surface area (Å²) in [5.74, 6) is -0.444. The fourth-order valence-corrected chi connectivity index (χ4v) is 2.74. The molecule has 126 valence electrons. The Bertz CT molecular complexity index is 706. The van der Waals surface area contributed by atoms with Crippen LogP contribution in [0.25, 0.3) is 0 Å². The van der Waals surface area contributed by atoms with E-state index in [1.165, 1.54) is 30.8 Å². The number of carbonyl (C=O) groups is 1. The second-order valence-electron chi connectivity index (χ2n) is 5.55. The second kappa shape index (κ2) is 8.31. The summed E-state index contributed by atoms with van der Waals surface area (Å²) in [6.45, 7) is 0. The molecule has 0 aromatic heterocycles. The molecule has 0 bridgehead atoms. The van der Waals surface area contributed by atoms with Crippen LogP contribution in [0.3, 0.4) is 0 Å². The first-order chi connectivity index (χ1) is 11.5. The fraction of sp³-hybridized carbons (Fsp3) is 0.375. The topological polar surface area (TPSA) is 108 Å². The van der Waals surface area contributed by atoms with Crippen molar-refractivity contribution in [2.75, 3.05) is 5.32 Å². The normalized spacial score (nSPS) is 15.4. The van der Waals surface area contributed by atoms with E-state index in [0.717, 1.165) is 25.7 Å². The average Bonchev–Trinajstić information content (AvgIpc) is 2.57. The number of carbonyl (C=O) groups excluding carboxylic acids is 1. The number of nitrogens with one attached hydrogen (secondary N) is 2. The van der Waals surface area contributed by atoms with Gasteiger partial charge in [-0.15, -0.1) is 0 Å². The third-order valence-corrected chi connectivity index (χ3v) is 4.15. The Kier molecular flexibility index (Phi) is 6.15. The molecule has 2 N–H and O–H groups in total. The van der Waals surface area contributed by atoms with Crippen molar-refractivity contribution in [1.29, 1.82) is 5.26 Å². The second-order valence-corrected chi connectivity index (χ2v) is 5.95. The Morgan fingerprint density at radius 1 is 1.38 bits per heavy atom. The van der Waals surface area contributed by atoms with E-state index in [9.17, 15) is 14.9 Å². The predicted molar refractivity (Wildman–Crippen MR) is 90.4 cm³/mol. The standard InChI is InChI=1S/C16H17ClN4O3/c17-14-7-6-13(8-15(14)21(23)24)19-10-11(9-18)16(22)20-12-4-2-1-3-5-12/h6-8,10,12,19H,1-5H2,(H,20,22)/b11-10-. The summed E-state index contributed by atoms with van der Waals surface area (Å²) < 4.78 is 0. The summed E-state index contributed by atoms with van der Waals surface area (Å²) in [6, 6.07) is 6.08. The first kappa shape index (κ1) is 17.8. The minimum absolute atomic E-state index is 0.0186. The van der Waals surface area contributed by atoms with Crippen molar-refractivity contribution in [2.45, 2.75) is 38.1 Å². The zero-order valence-corrected chi connectivity index (χ0v) is 13.7. The van der Waals surface area contributed by atoms with Crippen molar-refractivity contribution in [1.82, 2.24) is 5.32 Å². The third kappa shape index (κ3) is 4.70. The number of hydrogen-bond donors (Lipinski definition) is 2. The molecule has 0 heterocycles. The van der Waals surface area contributed by atoms with Crippen LogP contribution in [0, 0.1) is 21.4 Å². The van der Waals surface area contributed by atoms with Gasteiger partial charge in [-0.2, -0.15) is 5.26 Å². The van der Waals surface area contributed by atoms with E-state index in [4.69, 9.17) is 16.9 Å². The molecule has 7 nitrogen and oxygen atoms in total. The molecule has 0 radical (unpaired) electrons. The molecule has 0 spiro atoms. The van der Waals surface area contributed by atoms with E-state index < -0.39 is 10.8 Å². The number of anilines is 1. The summed E-state index contributed by atoms with van der Waals surface area (Å²) in [5, 5.41) is 25.6. The molecule has 1 aliphatic carbocycles. The lowest BCUT2D eigenvalue weighted by molar-refractivity contribution is -0.384. The molecule has 2 rings (SSSR count). The zero-order valence-electron chi connectivity index (χ0n) is 12.9. The number of nitro benzene ring substituents is 1. The predicted octanol–water partition coefficient (Wildman–Crippen LogP) is 3.52. The van der Waals surface area contributed by atoms with Crippen LogP contribution in [0.4, 0.5) is 11.4 Å². The number of hydrogen-bond acceptors (Lipinski definition) is 5. The van der Waals surface area contributed by atoms with Crippen LogP contribution in [0.15, 0.2) is 30.0 Å². The SMILES string of the molecule is N#C/C(=C/Nc1ccc(Cl)c([N+](=O)[O-])c1)C(=O)NC1CCCCC1. The first-order valence-electron chi connectivity index (χ1n) is 7.63. The number of nitriles is 1. The highest BCUT2D eigenvalue weighted by molar-refractivity contribution is 6.32. The van der Waals surface area contributed by atoms with Gasteiger partial charge in [0.2, 0.25) is 0 Å². The Balaban J connectivity index is 2.05. The molecule has 1 saturated carbocycles. The minimum Gasteiger partial charge on any atom is -0.360 e. The molecule has 0 saturated heterocycles. The molecule has 1 aromatic carbocycles. The molecule has 0 unspecified atom stereocenters. The van der Waals surface area contributed by atoms with E-state index in [1.54, 1.807) is 0 Å². The monoisotopic (exact) mass is 348 g/mol. The van der Waals surface area contributed by atoms with Gasteiger partial charge in [0.05, 0.1) is 4.92 Å². The maximum Gasteiger partial charge on any atom is 0.289 e. The van der Waals surface area contributed by atoms with Gasteiger partial charge in [-0.05, 0) is 25.0 Å². The van der Waals surface area contributed by atoms with E-state index >= 15 is 0 Å². The number of nitro groups is 1. The molecule has 1 aliphatic rings. The van der Waals surface area contributed by atoms with Gasteiger partial charge in [-0.3, -0.25) is 14.9 Å². The molecule has 0 atom stereocenters. The smallest absolute Gasteiger partial charge is 0.289 e. The summed E-state index contributed by atoms with van der Waals surface area (Å²) in [6.07, 6.45) is 6.39. The van der Waals surface area contributed by atoms with Gasteiger partial charge in [0, 0.05) is 24.0 Å². The maximum atomic E-state index is 12.1. The highest BCUT2D eigenvalue weighted by Gasteiger charge is 2.18. The van der Waals surface area contributed by atoms with Gasteiger partial charge < -0.3 is 10.6 Å². The van der Waals surface area contributed by atoms with Crippen molar-refractivity contribution in [3.8, 4) is 6.07 Å². The van der Waals surface area contributed by atoms with Crippen LogP contribution in [0.2, 0.25) is 5.02 Å². The highest BCUT2D eigenvalue weighted by atomic mass is 35.5. The Labute approximate surface area is 144 Å². The number of amides is 1. The molecule has 1 aromatic rings. The Morgan fingerprint density at radius 3 is 2.71 bits per heavy atom. The summed E-state index contributed by atoms with van der Waals surface area (Å²) in [7, 11) is 0. The summed E-state index contributed by atoms with van der Waals surface area (Å²) in [5.41, 5.74) is 0.0303. The van der Waals surface area contributed by atoms with Crippen LogP contribution in [-0.4, -0.2) is 16.9 Å². The van der Waals surface area contributed by atoms with Crippen LogP contribution in [0.5, 0.6) is 0 Å². The molecule has 1 fully saturated rings. The zero-order chi connectivity index (χ0) is 17.5. The van der Waals surface area contributed by atoms with Crippen LogP contribution in [-0.2, 0) is 4.79 Å². The molecular formula is C16H17ClN4O3. The average molecular weight is 349 g/mol. The van der Waals surface area contributed by atoms with Gasteiger partial charge in [0.25, 0.3) is 11.6 Å². The van der Waals surface area contributed by atoms with Crippen molar-refractivity contribution < 1.29 is 9.72 Å². The summed E-state index contributed by atoms with van der Waals surface area (Å²) in [4.78, 5) is 22.4. The van der Waals surface area contributed by atoms with Gasteiger partial charge >= 0.3 is 0 Å². The minimum atomic E-state index is -0.599. The van der Waals surface area contributed by atoms with E-state index in [1.807, 2.05) is 6.07 Å². The van der Waals surface area contributed by atoms with E-state index in [0.29, 0.717) is 5.69 Å². The lowest BCUT2D eigenvalue weighted by Crippen LogP contribution is -2.37. The maximum absolute atomic E-state index is 12.1. The van der Waals surface area contributed by atoms with Crippen LogP contribution in [0.1, 0.15) is 32.1 Å². The molecule has 24 heavy (non-hydrogen) atoms. The van der Waals surface area contributed by atoms with Crippen molar-refractivity contribution in [2.24, 2.45) is 0 Å². The molecule has 1 amide bonds. The molecule has 0 aliphatic heterocycles. The quantitative estimate of drug-likeness (QED) is 0.366. The van der Waals surface area contributed by atoms with E-state index in [2.05, 4.69) is 10.6 Å². The van der Waals surface area contributed by atoms with Crippen molar-refractivity contribution >= 4 is 28.9 Å². The van der Waals surface area contributed by atoms with Crippen LogP contribution >= 0.6 is 11.6 Å². The van der Waals surface area contributed by atoms with Crippen LogP contribution < -0.4 is 10.6 Å². The third-order valence-electron chi connectivity index (χ3n) is 3.83. The summed E-state index contributed by atoms with van der Waals surface area (Å²) >= 11 is 5.74. The number of benzene rings is 1. The van der Waals surface area contributed by atoms with Crippen molar-refractivity contribution in [3.63, 3.8) is 0 Å². The molecule has 8 heteroatoms.